The van der Waals surface area contributed by atoms with Crippen molar-refractivity contribution < 1.29 is 9.53 Å². The molecule has 33 heavy (non-hydrogen) atoms. The maximum absolute atomic E-state index is 12.8. The second kappa shape index (κ2) is 9.08. The van der Waals surface area contributed by atoms with Gasteiger partial charge in [-0.25, -0.2) is 9.50 Å². The molecule has 5 heterocycles. The summed E-state index contributed by atoms with van der Waals surface area (Å²) in [7, 11) is 1.59. The van der Waals surface area contributed by atoms with Crippen molar-refractivity contribution in [1.82, 2.24) is 24.8 Å². The Bertz CT molecular complexity index is 1180. The van der Waals surface area contributed by atoms with Gasteiger partial charge in [0, 0.05) is 55.6 Å². The largest absolute Gasteiger partial charge is 0.494 e. The lowest BCUT2D eigenvalue weighted by molar-refractivity contribution is -0.136. The highest BCUT2D eigenvalue weighted by molar-refractivity contribution is 5.79. The second-order valence-corrected chi connectivity index (χ2v) is 8.50. The zero-order valence-electron chi connectivity index (χ0n) is 18.7. The molecule has 1 N–H and O–H groups in total. The number of pyridine rings is 2. The summed E-state index contributed by atoms with van der Waals surface area (Å²) in [4.78, 5) is 21.7. The molecule has 0 radical (unpaired) electrons. The lowest BCUT2D eigenvalue weighted by Gasteiger charge is -2.37. The first kappa shape index (κ1) is 21.2. The Morgan fingerprint density at radius 1 is 1.15 bits per heavy atom. The highest BCUT2D eigenvalue weighted by Gasteiger charge is 2.28. The predicted octanol–water partition coefficient (Wildman–Crippen LogP) is 1.92. The number of piperazine rings is 1. The fourth-order valence-electron chi connectivity index (χ4n) is 4.71. The highest BCUT2D eigenvalue weighted by atomic mass is 16.5. The average Bonchev–Trinajstić information content (AvgIpc) is 3.32. The monoisotopic (exact) mass is 445 g/mol. The standard InChI is InChI=1S/C24H27N7O2/c1-33-21-12-19(16-31-23(21)20(13-25)15-28-31)18-2-3-22(27-14-18)29-8-10-30(11-9-29)24(32)17-4-6-26-7-5-17/h2-3,12,14-17,26H,4-11H2,1H3. The predicted molar refractivity (Wildman–Crippen MR) is 124 cm³/mol. The maximum atomic E-state index is 12.8. The number of anilines is 1. The van der Waals surface area contributed by atoms with Gasteiger partial charge < -0.3 is 19.9 Å². The van der Waals surface area contributed by atoms with E-state index in [0.717, 1.165) is 69.1 Å². The SMILES string of the molecule is COc1cc(-c2ccc(N3CCN(C(=O)C4CCNCC4)CC3)nc2)cn2ncc(C#N)c12. The van der Waals surface area contributed by atoms with Crippen LogP contribution in [0.4, 0.5) is 5.82 Å². The van der Waals surface area contributed by atoms with Gasteiger partial charge >= 0.3 is 0 Å². The van der Waals surface area contributed by atoms with Gasteiger partial charge in [0.2, 0.25) is 5.91 Å². The third-order valence-corrected chi connectivity index (χ3v) is 6.60. The minimum Gasteiger partial charge on any atom is -0.494 e. The lowest BCUT2D eigenvalue weighted by atomic mass is 9.96. The molecule has 0 unspecified atom stereocenters. The zero-order chi connectivity index (χ0) is 22.8. The van der Waals surface area contributed by atoms with Gasteiger partial charge in [-0.2, -0.15) is 10.4 Å². The summed E-state index contributed by atoms with van der Waals surface area (Å²) in [6.45, 7) is 4.91. The fourth-order valence-corrected chi connectivity index (χ4v) is 4.71. The normalized spacial score (nSPS) is 17.2. The molecule has 170 valence electrons. The molecular weight excluding hydrogens is 418 g/mol. The molecule has 0 saturated carbocycles. The number of methoxy groups -OCH3 is 1. The number of nitrogens with zero attached hydrogens (tertiary/aromatic N) is 6. The van der Waals surface area contributed by atoms with Gasteiger partial charge in [-0.05, 0) is 44.1 Å². The molecule has 9 heteroatoms. The van der Waals surface area contributed by atoms with Crippen molar-refractivity contribution in [1.29, 1.82) is 5.26 Å². The Morgan fingerprint density at radius 2 is 1.94 bits per heavy atom. The van der Waals surface area contributed by atoms with Crippen LogP contribution in [0.15, 0.2) is 36.8 Å². The van der Waals surface area contributed by atoms with E-state index in [1.165, 1.54) is 0 Å². The Morgan fingerprint density at radius 3 is 2.61 bits per heavy atom. The van der Waals surface area contributed by atoms with Gasteiger partial charge in [-0.1, -0.05) is 0 Å². The van der Waals surface area contributed by atoms with Gasteiger partial charge in [0.15, 0.2) is 0 Å². The fraction of sp³-hybridized carbons (Fsp3) is 0.417. The van der Waals surface area contributed by atoms with Crippen LogP contribution in [0, 0.1) is 17.2 Å². The summed E-state index contributed by atoms with van der Waals surface area (Å²) in [5.74, 6) is 1.98. The van der Waals surface area contributed by atoms with Crippen molar-refractivity contribution in [2.24, 2.45) is 5.92 Å². The highest BCUT2D eigenvalue weighted by Crippen LogP contribution is 2.30. The number of amides is 1. The number of ether oxygens (including phenoxy) is 1. The first-order valence-corrected chi connectivity index (χ1v) is 11.3. The molecular formula is C24H27N7O2. The van der Waals surface area contributed by atoms with Gasteiger partial charge in [-0.3, -0.25) is 4.79 Å². The molecule has 2 aliphatic rings. The van der Waals surface area contributed by atoms with Gasteiger partial charge in [-0.15, -0.1) is 0 Å². The second-order valence-electron chi connectivity index (χ2n) is 8.50. The molecule has 2 fully saturated rings. The number of hydrogen-bond acceptors (Lipinski definition) is 7. The van der Waals surface area contributed by atoms with Crippen LogP contribution in [0.25, 0.3) is 16.6 Å². The molecule has 3 aromatic rings. The van der Waals surface area contributed by atoms with Crippen molar-refractivity contribution in [3.8, 4) is 22.9 Å². The van der Waals surface area contributed by atoms with Gasteiger partial charge in [0.25, 0.3) is 0 Å². The van der Waals surface area contributed by atoms with Crippen LogP contribution >= 0.6 is 0 Å². The smallest absolute Gasteiger partial charge is 0.225 e. The van der Waals surface area contributed by atoms with Crippen molar-refractivity contribution >= 4 is 17.2 Å². The van der Waals surface area contributed by atoms with Crippen LogP contribution in [0.1, 0.15) is 18.4 Å². The summed E-state index contributed by atoms with van der Waals surface area (Å²) in [5.41, 5.74) is 2.98. The number of hydrogen-bond donors (Lipinski definition) is 1. The minimum absolute atomic E-state index is 0.170. The van der Waals surface area contributed by atoms with Crippen LogP contribution in [-0.2, 0) is 4.79 Å². The minimum atomic E-state index is 0.170. The number of nitrogens with one attached hydrogen (secondary N) is 1. The molecule has 2 aliphatic heterocycles. The third kappa shape index (κ3) is 4.10. The van der Waals surface area contributed by atoms with Crippen molar-refractivity contribution in [3.05, 3.63) is 42.4 Å². The van der Waals surface area contributed by atoms with Crippen LogP contribution < -0.4 is 15.0 Å². The third-order valence-electron chi connectivity index (χ3n) is 6.60. The molecule has 0 spiro atoms. The number of carbonyl (C=O) groups excluding carboxylic acids is 1. The molecule has 9 nitrogen and oxygen atoms in total. The number of nitriles is 1. The molecule has 1 amide bonds. The van der Waals surface area contributed by atoms with E-state index >= 15 is 0 Å². The molecule has 0 bridgehead atoms. The van der Waals surface area contributed by atoms with Crippen molar-refractivity contribution in [2.45, 2.75) is 12.8 Å². The van der Waals surface area contributed by atoms with Crippen LogP contribution in [0.5, 0.6) is 5.75 Å². The Hall–Kier alpha value is -3.64. The van der Waals surface area contributed by atoms with E-state index in [9.17, 15) is 10.1 Å². The van der Waals surface area contributed by atoms with Crippen molar-refractivity contribution in [3.63, 3.8) is 0 Å². The molecule has 3 aromatic heterocycles. The van der Waals surface area contributed by atoms with E-state index < -0.39 is 0 Å². The number of carbonyl (C=O) groups is 1. The first-order valence-electron chi connectivity index (χ1n) is 11.3. The Labute approximate surface area is 192 Å². The maximum Gasteiger partial charge on any atom is 0.225 e. The van der Waals surface area contributed by atoms with E-state index in [4.69, 9.17) is 4.74 Å². The lowest BCUT2D eigenvalue weighted by Crippen LogP contribution is -2.51. The quantitative estimate of drug-likeness (QED) is 0.655. The summed E-state index contributed by atoms with van der Waals surface area (Å²) in [6.07, 6.45) is 7.14. The molecule has 0 aliphatic carbocycles. The number of piperidine rings is 1. The summed E-state index contributed by atoms with van der Waals surface area (Å²) < 4.78 is 7.17. The number of fused-ring (bicyclic) bond motifs is 1. The summed E-state index contributed by atoms with van der Waals surface area (Å²) in [6, 6.07) is 8.10. The van der Waals surface area contributed by atoms with E-state index in [-0.39, 0.29) is 5.92 Å². The van der Waals surface area contributed by atoms with Crippen LogP contribution in [-0.4, -0.2) is 71.8 Å². The number of rotatable bonds is 4. The molecule has 2 saturated heterocycles. The van der Waals surface area contributed by atoms with E-state index in [1.807, 2.05) is 35.5 Å². The molecule has 0 aromatic carbocycles. The Balaban J connectivity index is 1.28. The summed E-state index contributed by atoms with van der Waals surface area (Å²) in [5, 5.41) is 16.9. The topological polar surface area (TPSA) is 98.8 Å². The number of aromatic nitrogens is 3. The average molecular weight is 446 g/mol. The Kier molecular flexibility index (Phi) is 5.84. The van der Waals surface area contributed by atoms with Gasteiger partial charge in [0.05, 0.1) is 13.3 Å². The van der Waals surface area contributed by atoms with Gasteiger partial charge in [0.1, 0.15) is 28.7 Å². The van der Waals surface area contributed by atoms with E-state index in [2.05, 4.69) is 26.4 Å². The van der Waals surface area contributed by atoms with Crippen molar-refractivity contribution in [2.75, 3.05) is 51.3 Å². The van der Waals surface area contributed by atoms with Crippen LogP contribution in [0.3, 0.4) is 0 Å². The summed E-state index contributed by atoms with van der Waals surface area (Å²) >= 11 is 0. The van der Waals surface area contributed by atoms with E-state index in [1.54, 1.807) is 17.8 Å². The zero-order valence-corrected chi connectivity index (χ0v) is 18.7. The van der Waals surface area contributed by atoms with E-state index in [0.29, 0.717) is 22.7 Å². The van der Waals surface area contributed by atoms with Crippen LogP contribution in [0.2, 0.25) is 0 Å². The molecule has 5 rings (SSSR count). The molecule has 0 atom stereocenters. The first-order chi connectivity index (χ1) is 16.2.